The van der Waals surface area contributed by atoms with E-state index in [1.54, 1.807) is 6.07 Å². The SMILES string of the molecule is NC1(C(=O)N2CCN(Cc3ccc(C(=O)O)s3)CC2)CCOCC1. The van der Waals surface area contributed by atoms with Gasteiger partial charge in [-0.1, -0.05) is 0 Å². The van der Waals surface area contributed by atoms with Crippen LogP contribution in [0.3, 0.4) is 0 Å². The van der Waals surface area contributed by atoms with E-state index in [2.05, 4.69) is 4.90 Å². The van der Waals surface area contributed by atoms with Crippen LogP contribution < -0.4 is 5.73 Å². The van der Waals surface area contributed by atoms with Crippen molar-refractivity contribution in [2.45, 2.75) is 24.9 Å². The summed E-state index contributed by atoms with van der Waals surface area (Å²) in [5.41, 5.74) is 5.51. The van der Waals surface area contributed by atoms with E-state index in [-0.39, 0.29) is 5.91 Å². The van der Waals surface area contributed by atoms with Crippen molar-refractivity contribution in [3.05, 3.63) is 21.9 Å². The fourth-order valence-corrected chi connectivity index (χ4v) is 4.06. The van der Waals surface area contributed by atoms with Crippen LogP contribution in [0.1, 0.15) is 27.4 Å². The Hall–Kier alpha value is -1.48. The molecule has 8 heteroatoms. The molecule has 0 radical (unpaired) electrons. The van der Waals surface area contributed by atoms with E-state index in [0.29, 0.717) is 44.0 Å². The Labute approximate surface area is 145 Å². The van der Waals surface area contributed by atoms with Crippen LogP contribution in [0.25, 0.3) is 0 Å². The lowest BCUT2D eigenvalue weighted by Crippen LogP contribution is -2.61. The summed E-state index contributed by atoms with van der Waals surface area (Å²) in [6.45, 7) is 4.70. The normalized spacial score (nSPS) is 21.6. The first-order chi connectivity index (χ1) is 11.5. The lowest BCUT2D eigenvalue weighted by molar-refractivity contribution is -0.142. The van der Waals surface area contributed by atoms with Gasteiger partial charge in [0.2, 0.25) is 5.91 Å². The fraction of sp³-hybridized carbons (Fsp3) is 0.625. The molecule has 1 aromatic rings. The van der Waals surface area contributed by atoms with Crippen molar-refractivity contribution in [3.63, 3.8) is 0 Å². The number of hydrogen-bond donors (Lipinski definition) is 2. The number of aromatic carboxylic acids is 1. The van der Waals surface area contributed by atoms with Crippen molar-refractivity contribution in [1.29, 1.82) is 0 Å². The number of carbonyl (C=O) groups is 2. The molecule has 0 saturated carbocycles. The fourth-order valence-electron chi connectivity index (χ4n) is 3.17. The maximum Gasteiger partial charge on any atom is 0.345 e. The average Bonchev–Trinajstić information content (AvgIpc) is 3.04. The summed E-state index contributed by atoms with van der Waals surface area (Å²) >= 11 is 1.31. The minimum Gasteiger partial charge on any atom is -0.477 e. The van der Waals surface area contributed by atoms with Crippen molar-refractivity contribution in [3.8, 4) is 0 Å². The molecule has 3 heterocycles. The molecule has 132 valence electrons. The zero-order chi connectivity index (χ0) is 17.2. The largest absolute Gasteiger partial charge is 0.477 e. The third-order valence-electron chi connectivity index (χ3n) is 4.72. The molecule has 0 spiro atoms. The molecule has 0 aliphatic carbocycles. The second-order valence-corrected chi connectivity index (χ2v) is 7.58. The first kappa shape index (κ1) is 17.3. The van der Waals surface area contributed by atoms with Gasteiger partial charge >= 0.3 is 5.97 Å². The molecule has 0 bridgehead atoms. The first-order valence-corrected chi connectivity index (χ1v) is 9.00. The molecule has 24 heavy (non-hydrogen) atoms. The van der Waals surface area contributed by atoms with Crippen LogP contribution in [0.5, 0.6) is 0 Å². The third-order valence-corrected chi connectivity index (χ3v) is 5.78. The van der Waals surface area contributed by atoms with Gasteiger partial charge in [0.05, 0.1) is 5.54 Å². The van der Waals surface area contributed by atoms with Crippen LogP contribution in [0.2, 0.25) is 0 Å². The van der Waals surface area contributed by atoms with Crippen LogP contribution in [0.15, 0.2) is 12.1 Å². The van der Waals surface area contributed by atoms with Crippen LogP contribution in [0, 0.1) is 0 Å². The summed E-state index contributed by atoms with van der Waals surface area (Å²) < 4.78 is 5.31. The Morgan fingerprint density at radius 3 is 2.46 bits per heavy atom. The third kappa shape index (κ3) is 3.77. The van der Waals surface area contributed by atoms with Gasteiger partial charge in [-0.3, -0.25) is 9.69 Å². The van der Waals surface area contributed by atoms with E-state index in [4.69, 9.17) is 15.6 Å². The van der Waals surface area contributed by atoms with Gasteiger partial charge < -0.3 is 20.5 Å². The lowest BCUT2D eigenvalue weighted by atomic mass is 9.89. The molecule has 2 aliphatic heterocycles. The van der Waals surface area contributed by atoms with E-state index >= 15 is 0 Å². The number of rotatable bonds is 4. The smallest absolute Gasteiger partial charge is 0.345 e. The van der Waals surface area contributed by atoms with E-state index in [0.717, 1.165) is 24.5 Å². The number of nitrogens with two attached hydrogens (primary N) is 1. The maximum absolute atomic E-state index is 12.7. The molecule has 2 saturated heterocycles. The van der Waals surface area contributed by atoms with Gasteiger partial charge in [0.1, 0.15) is 4.88 Å². The van der Waals surface area contributed by atoms with Gasteiger partial charge in [0.25, 0.3) is 0 Å². The molecule has 7 nitrogen and oxygen atoms in total. The number of piperazine rings is 1. The molecule has 3 N–H and O–H groups in total. The molecular weight excluding hydrogens is 330 g/mol. The van der Waals surface area contributed by atoms with Crippen molar-refractivity contribution in [1.82, 2.24) is 9.80 Å². The van der Waals surface area contributed by atoms with Crippen LogP contribution in [-0.4, -0.2) is 71.7 Å². The summed E-state index contributed by atoms with van der Waals surface area (Å²) in [5, 5.41) is 8.98. The maximum atomic E-state index is 12.7. The molecular formula is C16H23N3O4S. The lowest BCUT2D eigenvalue weighted by Gasteiger charge is -2.40. The van der Waals surface area contributed by atoms with E-state index in [1.807, 2.05) is 11.0 Å². The Bertz CT molecular complexity index is 604. The molecule has 0 atom stereocenters. The summed E-state index contributed by atoms with van der Waals surface area (Å²) in [6.07, 6.45) is 1.17. The van der Waals surface area contributed by atoms with Crippen LogP contribution in [-0.2, 0) is 16.1 Å². The standard InChI is InChI=1S/C16H23N3O4S/c17-16(3-9-23-10-4-16)15(22)19-7-5-18(6-8-19)11-12-1-2-13(24-12)14(20)21/h1-2H,3-11,17H2,(H,20,21). The second-order valence-electron chi connectivity index (χ2n) is 6.41. The number of carbonyl (C=O) groups excluding carboxylic acids is 1. The Kier molecular flexibility index (Phi) is 5.19. The summed E-state index contributed by atoms with van der Waals surface area (Å²) in [7, 11) is 0. The van der Waals surface area contributed by atoms with Gasteiger partial charge in [-0.05, 0) is 25.0 Å². The topological polar surface area (TPSA) is 96.1 Å². The monoisotopic (exact) mass is 353 g/mol. The summed E-state index contributed by atoms with van der Waals surface area (Å²) in [6, 6.07) is 3.51. The summed E-state index contributed by atoms with van der Waals surface area (Å²) in [4.78, 5) is 29.1. The van der Waals surface area contributed by atoms with Gasteiger partial charge in [0.15, 0.2) is 0 Å². The molecule has 1 amide bonds. The van der Waals surface area contributed by atoms with Crippen LogP contribution >= 0.6 is 11.3 Å². The highest BCUT2D eigenvalue weighted by Gasteiger charge is 2.39. The highest BCUT2D eigenvalue weighted by Crippen LogP contribution is 2.23. The quantitative estimate of drug-likeness (QED) is 0.823. The van der Waals surface area contributed by atoms with Gasteiger partial charge in [-0.25, -0.2) is 4.79 Å². The van der Waals surface area contributed by atoms with Crippen LogP contribution in [0.4, 0.5) is 0 Å². The zero-order valence-corrected chi connectivity index (χ0v) is 14.4. The molecule has 0 unspecified atom stereocenters. The van der Waals surface area contributed by atoms with E-state index < -0.39 is 11.5 Å². The predicted octanol–water partition coefficient (Wildman–Crippen LogP) is 0.598. The number of carboxylic acids is 1. The van der Waals surface area contributed by atoms with Gasteiger partial charge in [-0.2, -0.15) is 0 Å². The predicted molar refractivity (Wildman–Crippen MR) is 90.1 cm³/mol. The Balaban J connectivity index is 1.51. The number of carboxylic acid groups (broad SMARTS) is 1. The number of ether oxygens (including phenoxy) is 1. The first-order valence-electron chi connectivity index (χ1n) is 8.18. The molecule has 3 rings (SSSR count). The highest BCUT2D eigenvalue weighted by atomic mass is 32.1. The van der Waals surface area contributed by atoms with Crippen molar-refractivity contribution in [2.75, 3.05) is 39.4 Å². The second kappa shape index (κ2) is 7.18. The van der Waals surface area contributed by atoms with Gasteiger partial charge in [-0.15, -0.1) is 11.3 Å². The molecule has 1 aromatic heterocycles. The minimum atomic E-state index is -0.883. The number of nitrogens with zero attached hydrogens (tertiary/aromatic N) is 2. The molecule has 0 aromatic carbocycles. The Morgan fingerprint density at radius 1 is 1.21 bits per heavy atom. The van der Waals surface area contributed by atoms with Crippen molar-refractivity contribution >= 4 is 23.2 Å². The molecule has 2 fully saturated rings. The van der Waals surface area contributed by atoms with E-state index in [1.165, 1.54) is 11.3 Å². The number of hydrogen-bond acceptors (Lipinski definition) is 6. The van der Waals surface area contributed by atoms with Gasteiger partial charge in [0, 0.05) is 50.8 Å². The summed E-state index contributed by atoms with van der Waals surface area (Å²) in [5.74, 6) is -0.846. The minimum absolute atomic E-state index is 0.0368. The zero-order valence-electron chi connectivity index (χ0n) is 13.6. The van der Waals surface area contributed by atoms with Crippen molar-refractivity contribution < 1.29 is 19.4 Å². The van der Waals surface area contributed by atoms with E-state index in [9.17, 15) is 9.59 Å². The highest BCUT2D eigenvalue weighted by molar-refractivity contribution is 7.13. The van der Waals surface area contributed by atoms with Crippen molar-refractivity contribution in [2.24, 2.45) is 5.73 Å². The Morgan fingerprint density at radius 2 is 1.88 bits per heavy atom. The number of thiophene rings is 1. The molecule has 2 aliphatic rings. The number of amides is 1. The average molecular weight is 353 g/mol.